The third-order valence-electron chi connectivity index (χ3n) is 3.03. The average molecular weight is 339 g/mol. The van der Waals surface area contributed by atoms with Gasteiger partial charge in [0.2, 0.25) is 5.91 Å². The van der Waals surface area contributed by atoms with Gasteiger partial charge >= 0.3 is 0 Å². The molecule has 0 bridgehead atoms. The van der Waals surface area contributed by atoms with Crippen molar-refractivity contribution in [2.45, 2.75) is 13.5 Å². The van der Waals surface area contributed by atoms with Crippen molar-refractivity contribution in [3.63, 3.8) is 0 Å². The van der Waals surface area contributed by atoms with Gasteiger partial charge in [-0.3, -0.25) is 14.4 Å². The minimum absolute atomic E-state index is 0.0764. The summed E-state index contributed by atoms with van der Waals surface area (Å²) < 4.78 is 2.41. The van der Waals surface area contributed by atoms with Gasteiger partial charge in [-0.15, -0.1) is 17.9 Å². The largest absolute Gasteiger partial charge is 0.310 e. The molecule has 0 saturated heterocycles. The Kier molecular flexibility index (Phi) is 5.76. The summed E-state index contributed by atoms with van der Waals surface area (Å²) >= 11 is 7.47. The molecule has 1 N–H and O–H groups in total. The van der Waals surface area contributed by atoms with Crippen molar-refractivity contribution in [1.82, 2.24) is 14.7 Å². The molecule has 0 aliphatic carbocycles. The number of halogens is 1. The Bertz CT molecular complexity index is 664. The van der Waals surface area contributed by atoms with Gasteiger partial charge in [0.25, 0.3) is 0 Å². The number of rotatable bonds is 7. The normalized spacial score (nSPS) is 10.9. The van der Waals surface area contributed by atoms with E-state index in [4.69, 9.17) is 11.6 Å². The molecule has 0 fully saturated rings. The second-order valence-corrected chi connectivity index (χ2v) is 6.81. The highest BCUT2D eigenvalue weighted by atomic mass is 35.5. The fraction of sp³-hybridized carbons (Fsp3) is 0.333. The summed E-state index contributed by atoms with van der Waals surface area (Å²) in [5, 5.41) is 7.08. The van der Waals surface area contributed by atoms with E-state index in [1.807, 2.05) is 30.0 Å². The second-order valence-electron chi connectivity index (χ2n) is 5.01. The maximum Gasteiger partial charge on any atom is 0.239 e. The van der Waals surface area contributed by atoms with Crippen molar-refractivity contribution in [3.8, 4) is 0 Å². The highest BCUT2D eigenvalue weighted by molar-refractivity contribution is 7.16. The number of nitrogens with one attached hydrogen (secondary N) is 1. The van der Waals surface area contributed by atoms with Crippen LogP contribution in [0.5, 0.6) is 0 Å². The van der Waals surface area contributed by atoms with E-state index >= 15 is 0 Å². The Labute approximate surface area is 139 Å². The summed E-state index contributed by atoms with van der Waals surface area (Å²) in [6.45, 7) is 7.22. The number of aryl methyl sites for hydroxylation is 2. The van der Waals surface area contributed by atoms with Crippen molar-refractivity contribution in [2.24, 2.45) is 7.05 Å². The van der Waals surface area contributed by atoms with Gasteiger partial charge in [-0.05, 0) is 19.1 Å². The number of carbonyl (C=O) groups is 1. The van der Waals surface area contributed by atoms with Gasteiger partial charge in [-0.25, -0.2) is 0 Å². The second kappa shape index (κ2) is 7.58. The standard InChI is InChI=1S/C15H19ClN4OS/c1-4-7-20(9-12-5-6-13(16)22-12)10-15(21)17-14-8-11(2)18-19(14)3/h4-6,8H,1,7,9-10H2,2-3H3,(H,17,21). The molecule has 22 heavy (non-hydrogen) atoms. The number of hydrogen-bond acceptors (Lipinski definition) is 4. The molecular weight excluding hydrogens is 320 g/mol. The van der Waals surface area contributed by atoms with Crippen LogP contribution in [0.4, 0.5) is 5.82 Å². The fourth-order valence-corrected chi connectivity index (χ4v) is 3.27. The topological polar surface area (TPSA) is 50.2 Å². The molecule has 2 aromatic rings. The third kappa shape index (κ3) is 4.69. The van der Waals surface area contributed by atoms with E-state index in [-0.39, 0.29) is 12.5 Å². The molecule has 2 rings (SSSR count). The van der Waals surface area contributed by atoms with Crippen molar-refractivity contribution in [1.29, 1.82) is 0 Å². The first kappa shape index (κ1) is 16.7. The zero-order valence-electron chi connectivity index (χ0n) is 12.7. The maximum absolute atomic E-state index is 12.2. The fourth-order valence-electron chi connectivity index (χ4n) is 2.14. The number of hydrogen-bond donors (Lipinski definition) is 1. The lowest BCUT2D eigenvalue weighted by Gasteiger charge is -2.19. The predicted octanol–water partition coefficient (Wildman–Crippen LogP) is 3.07. The van der Waals surface area contributed by atoms with Crippen molar-refractivity contribution in [3.05, 3.63) is 45.8 Å². The molecule has 0 atom stereocenters. The quantitative estimate of drug-likeness (QED) is 0.789. The van der Waals surface area contributed by atoms with Crippen LogP contribution in [0, 0.1) is 6.92 Å². The Balaban J connectivity index is 1.96. The number of anilines is 1. The minimum Gasteiger partial charge on any atom is -0.310 e. The van der Waals surface area contributed by atoms with Gasteiger partial charge in [0.1, 0.15) is 5.82 Å². The lowest BCUT2D eigenvalue weighted by Crippen LogP contribution is -2.33. The van der Waals surface area contributed by atoms with Crippen LogP contribution in [0.2, 0.25) is 4.34 Å². The molecule has 2 aromatic heterocycles. The highest BCUT2D eigenvalue weighted by Gasteiger charge is 2.13. The molecule has 2 heterocycles. The molecule has 0 spiro atoms. The molecular formula is C15H19ClN4OS. The van der Waals surface area contributed by atoms with Crippen LogP contribution in [0.25, 0.3) is 0 Å². The Morgan fingerprint density at radius 2 is 2.36 bits per heavy atom. The molecule has 5 nitrogen and oxygen atoms in total. The molecule has 0 radical (unpaired) electrons. The molecule has 1 amide bonds. The lowest BCUT2D eigenvalue weighted by molar-refractivity contribution is -0.117. The third-order valence-corrected chi connectivity index (χ3v) is 4.25. The Hall–Kier alpha value is -1.63. The van der Waals surface area contributed by atoms with E-state index in [2.05, 4.69) is 17.0 Å². The van der Waals surface area contributed by atoms with Gasteiger partial charge in [0.15, 0.2) is 0 Å². The molecule has 0 saturated carbocycles. The van der Waals surface area contributed by atoms with Gasteiger partial charge in [-0.1, -0.05) is 17.7 Å². The molecule has 0 aliphatic rings. The molecule has 7 heteroatoms. The first-order chi connectivity index (χ1) is 10.5. The summed E-state index contributed by atoms with van der Waals surface area (Å²) in [6.07, 6.45) is 1.79. The average Bonchev–Trinajstić information content (AvgIpc) is 2.96. The monoisotopic (exact) mass is 338 g/mol. The van der Waals surface area contributed by atoms with Crippen molar-refractivity contribution >= 4 is 34.7 Å². The zero-order valence-corrected chi connectivity index (χ0v) is 14.2. The van der Waals surface area contributed by atoms with E-state index in [1.165, 1.54) is 11.3 Å². The van der Waals surface area contributed by atoms with Crippen LogP contribution in [0.15, 0.2) is 30.9 Å². The Morgan fingerprint density at radius 3 is 2.91 bits per heavy atom. The zero-order chi connectivity index (χ0) is 16.1. The van der Waals surface area contributed by atoms with E-state index < -0.39 is 0 Å². The number of amides is 1. The van der Waals surface area contributed by atoms with Crippen molar-refractivity contribution < 1.29 is 4.79 Å². The summed E-state index contributed by atoms with van der Waals surface area (Å²) in [5.74, 6) is 0.618. The summed E-state index contributed by atoms with van der Waals surface area (Å²) in [7, 11) is 1.80. The van der Waals surface area contributed by atoms with Gasteiger partial charge < -0.3 is 5.32 Å². The van der Waals surface area contributed by atoms with Crippen LogP contribution in [-0.2, 0) is 18.4 Å². The van der Waals surface area contributed by atoms with Crippen LogP contribution in [-0.4, -0.2) is 33.7 Å². The van der Waals surface area contributed by atoms with Gasteiger partial charge in [0.05, 0.1) is 16.6 Å². The number of aromatic nitrogens is 2. The maximum atomic E-state index is 12.2. The van der Waals surface area contributed by atoms with Crippen LogP contribution >= 0.6 is 22.9 Å². The molecule has 0 aromatic carbocycles. The number of carbonyl (C=O) groups excluding carboxylic acids is 1. The minimum atomic E-state index is -0.0764. The van der Waals surface area contributed by atoms with Crippen molar-refractivity contribution in [2.75, 3.05) is 18.4 Å². The molecule has 0 unspecified atom stereocenters. The predicted molar refractivity (Wildman–Crippen MR) is 91.4 cm³/mol. The van der Waals surface area contributed by atoms with Crippen LogP contribution < -0.4 is 5.32 Å². The van der Waals surface area contributed by atoms with E-state index in [0.29, 0.717) is 18.9 Å². The summed E-state index contributed by atoms with van der Waals surface area (Å²) in [5.41, 5.74) is 0.869. The summed E-state index contributed by atoms with van der Waals surface area (Å²) in [4.78, 5) is 15.3. The smallest absolute Gasteiger partial charge is 0.239 e. The van der Waals surface area contributed by atoms with Gasteiger partial charge in [0, 0.05) is 31.1 Å². The van der Waals surface area contributed by atoms with E-state index in [1.54, 1.807) is 17.8 Å². The molecule has 118 valence electrons. The first-order valence-electron chi connectivity index (χ1n) is 6.86. The SMILES string of the molecule is C=CCN(CC(=O)Nc1cc(C)nn1C)Cc1ccc(Cl)s1. The van der Waals surface area contributed by atoms with E-state index in [9.17, 15) is 4.79 Å². The number of nitrogens with zero attached hydrogens (tertiary/aromatic N) is 3. The van der Waals surface area contributed by atoms with Gasteiger partial charge in [-0.2, -0.15) is 5.10 Å². The number of thiophene rings is 1. The lowest BCUT2D eigenvalue weighted by atomic mass is 10.3. The first-order valence-corrected chi connectivity index (χ1v) is 8.05. The highest BCUT2D eigenvalue weighted by Crippen LogP contribution is 2.22. The van der Waals surface area contributed by atoms with Crippen LogP contribution in [0.1, 0.15) is 10.6 Å². The van der Waals surface area contributed by atoms with Crippen LogP contribution in [0.3, 0.4) is 0 Å². The summed E-state index contributed by atoms with van der Waals surface area (Å²) in [6, 6.07) is 5.69. The van der Waals surface area contributed by atoms with E-state index in [0.717, 1.165) is 14.9 Å². The molecule has 0 aliphatic heterocycles. The Morgan fingerprint density at radius 1 is 1.59 bits per heavy atom.